The molecule has 0 aliphatic carbocycles. The summed E-state index contributed by atoms with van der Waals surface area (Å²) >= 11 is 3.31. The van der Waals surface area contributed by atoms with Gasteiger partial charge in [-0.1, -0.05) is 25.6 Å². The third-order valence-electron chi connectivity index (χ3n) is 2.08. The van der Waals surface area contributed by atoms with Crippen LogP contribution in [-0.2, 0) is 6.42 Å². The maximum Gasteiger partial charge on any atom is 0.336 e. The SMILES string of the molecule is C=Cc1ccc(C(=O)O)c(Br)c1CC. The molecule has 0 atom stereocenters. The van der Waals surface area contributed by atoms with E-state index in [2.05, 4.69) is 22.5 Å². The molecule has 0 unspecified atom stereocenters. The lowest BCUT2D eigenvalue weighted by Crippen LogP contribution is -2.01. The first-order valence-electron chi connectivity index (χ1n) is 4.28. The van der Waals surface area contributed by atoms with Crippen LogP contribution >= 0.6 is 15.9 Å². The summed E-state index contributed by atoms with van der Waals surface area (Å²) in [7, 11) is 0. The minimum atomic E-state index is -0.915. The number of carbonyl (C=O) groups is 1. The highest BCUT2D eigenvalue weighted by Gasteiger charge is 2.12. The Kier molecular flexibility index (Phi) is 3.47. The van der Waals surface area contributed by atoms with Crippen LogP contribution in [0.4, 0.5) is 0 Å². The van der Waals surface area contributed by atoms with E-state index in [1.54, 1.807) is 18.2 Å². The fourth-order valence-corrected chi connectivity index (χ4v) is 2.16. The van der Waals surface area contributed by atoms with Gasteiger partial charge in [0.1, 0.15) is 0 Å². The van der Waals surface area contributed by atoms with Crippen LogP contribution in [0, 0.1) is 0 Å². The van der Waals surface area contributed by atoms with Gasteiger partial charge in [0.2, 0.25) is 0 Å². The standard InChI is InChI=1S/C11H11BrO2/c1-3-7-5-6-9(11(13)14)10(12)8(7)4-2/h3,5-6H,1,4H2,2H3,(H,13,14). The van der Waals surface area contributed by atoms with Crippen LogP contribution in [-0.4, -0.2) is 11.1 Å². The van der Waals surface area contributed by atoms with Crippen molar-refractivity contribution in [2.45, 2.75) is 13.3 Å². The van der Waals surface area contributed by atoms with E-state index < -0.39 is 5.97 Å². The van der Waals surface area contributed by atoms with E-state index in [1.807, 2.05) is 6.92 Å². The van der Waals surface area contributed by atoms with Crippen LogP contribution < -0.4 is 0 Å². The van der Waals surface area contributed by atoms with Crippen molar-refractivity contribution in [2.75, 3.05) is 0 Å². The second-order valence-electron chi connectivity index (χ2n) is 2.86. The van der Waals surface area contributed by atoms with Gasteiger partial charge in [0, 0.05) is 4.47 Å². The van der Waals surface area contributed by atoms with E-state index in [9.17, 15) is 4.79 Å². The third-order valence-corrected chi connectivity index (χ3v) is 2.99. The van der Waals surface area contributed by atoms with Crippen molar-refractivity contribution in [2.24, 2.45) is 0 Å². The number of hydrogen-bond acceptors (Lipinski definition) is 1. The van der Waals surface area contributed by atoms with Gasteiger partial charge < -0.3 is 5.11 Å². The number of rotatable bonds is 3. The van der Waals surface area contributed by atoms with Crippen molar-refractivity contribution in [1.29, 1.82) is 0 Å². The van der Waals surface area contributed by atoms with E-state index in [4.69, 9.17) is 5.11 Å². The lowest BCUT2D eigenvalue weighted by molar-refractivity contribution is 0.0696. The number of aromatic carboxylic acids is 1. The Morgan fingerprint density at radius 2 is 2.29 bits per heavy atom. The zero-order chi connectivity index (χ0) is 10.7. The van der Waals surface area contributed by atoms with Gasteiger partial charge in [0.25, 0.3) is 0 Å². The minimum absolute atomic E-state index is 0.299. The third kappa shape index (κ3) is 1.87. The number of halogens is 1. The van der Waals surface area contributed by atoms with Crippen molar-refractivity contribution in [3.8, 4) is 0 Å². The summed E-state index contributed by atoms with van der Waals surface area (Å²) in [6.07, 6.45) is 2.51. The number of carboxylic acids is 1. The number of benzene rings is 1. The van der Waals surface area contributed by atoms with Crippen molar-refractivity contribution in [1.82, 2.24) is 0 Å². The molecule has 0 aromatic heterocycles. The van der Waals surface area contributed by atoms with Gasteiger partial charge in [-0.05, 0) is 39.5 Å². The number of carboxylic acid groups (broad SMARTS) is 1. The highest BCUT2D eigenvalue weighted by molar-refractivity contribution is 9.10. The molecule has 74 valence electrons. The van der Waals surface area contributed by atoms with Crippen LogP contribution in [0.3, 0.4) is 0 Å². The molecule has 1 aromatic carbocycles. The Balaban J connectivity index is 3.42. The summed E-state index contributed by atoms with van der Waals surface area (Å²) in [5.41, 5.74) is 2.26. The van der Waals surface area contributed by atoms with E-state index in [0.29, 0.717) is 10.0 Å². The topological polar surface area (TPSA) is 37.3 Å². The van der Waals surface area contributed by atoms with E-state index >= 15 is 0 Å². The summed E-state index contributed by atoms with van der Waals surface area (Å²) in [6.45, 7) is 5.67. The van der Waals surface area contributed by atoms with Gasteiger partial charge in [-0.15, -0.1) is 0 Å². The zero-order valence-electron chi connectivity index (χ0n) is 7.88. The molecule has 0 aliphatic heterocycles. The summed E-state index contributed by atoms with van der Waals surface area (Å²) < 4.78 is 0.657. The summed E-state index contributed by atoms with van der Waals surface area (Å²) in [5.74, 6) is -0.915. The Bertz CT molecular complexity index is 383. The zero-order valence-corrected chi connectivity index (χ0v) is 9.47. The van der Waals surface area contributed by atoms with Crippen molar-refractivity contribution in [3.05, 3.63) is 39.9 Å². The molecule has 0 aliphatic rings. The van der Waals surface area contributed by atoms with E-state index in [0.717, 1.165) is 17.5 Å². The minimum Gasteiger partial charge on any atom is -0.478 e. The molecular weight excluding hydrogens is 244 g/mol. The largest absolute Gasteiger partial charge is 0.478 e. The van der Waals surface area contributed by atoms with Crippen LogP contribution in [0.15, 0.2) is 23.2 Å². The van der Waals surface area contributed by atoms with Crippen molar-refractivity contribution < 1.29 is 9.90 Å². The highest BCUT2D eigenvalue weighted by atomic mass is 79.9. The molecule has 0 heterocycles. The molecule has 1 rings (SSSR count). The Morgan fingerprint density at radius 1 is 1.64 bits per heavy atom. The molecule has 0 amide bonds. The molecule has 2 nitrogen and oxygen atoms in total. The first kappa shape index (κ1) is 11.0. The number of hydrogen-bond donors (Lipinski definition) is 1. The van der Waals surface area contributed by atoms with Crippen molar-refractivity contribution >= 4 is 28.0 Å². The van der Waals surface area contributed by atoms with Crippen LogP contribution in [0.25, 0.3) is 6.08 Å². The fraction of sp³-hybridized carbons (Fsp3) is 0.182. The monoisotopic (exact) mass is 254 g/mol. The van der Waals surface area contributed by atoms with Crippen LogP contribution in [0.1, 0.15) is 28.4 Å². The second kappa shape index (κ2) is 4.42. The van der Waals surface area contributed by atoms with Gasteiger partial charge in [-0.2, -0.15) is 0 Å². The smallest absolute Gasteiger partial charge is 0.336 e. The van der Waals surface area contributed by atoms with Crippen molar-refractivity contribution in [3.63, 3.8) is 0 Å². The molecular formula is C11H11BrO2. The molecule has 0 saturated heterocycles. The Morgan fingerprint density at radius 3 is 2.71 bits per heavy atom. The lowest BCUT2D eigenvalue weighted by atomic mass is 10.0. The van der Waals surface area contributed by atoms with Gasteiger partial charge in [0.05, 0.1) is 5.56 Å². The summed E-state index contributed by atoms with van der Waals surface area (Å²) in [5, 5.41) is 8.89. The quantitative estimate of drug-likeness (QED) is 0.899. The molecule has 0 spiro atoms. The normalized spacial score (nSPS) is 9.86. The first-order chi connectivity index (χ1) is 6.61. The predicted octanol–water partition coefficient (Wildman–Crippen LogP) is 3.35. The summed E-state index contributed by atoms with van der Waals surface area (Å²) in [6, 6.07) is 3.36. The van der Waals surface area contributed by atoms with E-state index in [1.165, 1.54) is 0 Å². The molecule has 3 heteroatoms. The highest BCUT2D eigenvalue weighted by Crippen LogP contribution is 2.26. The molecule has 1 N–H and O–H groups in total. The molecule has 1 aromatic rings. The predicted molar refractivity (Wildman–Crippen MR) is 60.6 cm³/mol. The van der Waals surface area contributed by atoms with Crippen LogP contribution in [0.2, 0.25) is 0 Å². The van der Waals surface area contributed by atoms with Gasteiger partial charge >= 0.3 is 5.97 Å². The van der Waals surface area contributed by atoms with Gasteiger partial charge in [-0.25, -0.2) is 4.79 Å². The lowest BCUT2D eigenvalue weighted by Gasteiger charge is -2.08. The first-order valence-corrected chi connectivity index (χ1v) is 5.08. The second-order valence-corrected chi connectivity index (χ2v) is 3.65. The Hall–Kier alpha value is -1.09. The maximum absolute atomic E-state index is 10.8. The average Bonchev–Trinajstić information content (AvgIpc) is 2.16. The molecule has 14 heavy (non-hydrogen) atoms. The Labute approximate surface area is 91.4 Å². The molecule has 0 radical (unpaired) electrons. The molecule has 0 saturated carbocycles. The summed E-state index contributed by atoms with van der Waals surface area (Å²) in [4.78, 5) is 10.8. The molecule has 0 fully saturated rings. The van der Waals surface area contributed by atoms with Gasteiger partial charge in [-0.3, -0.25) is 0 Å². The maximum atomic E-state index is 10.8. The molecule has 0 bridgehead atoms. The fourth-order valence-electron chi connectivity index (χ4n) is 1.35. The van der Waals surface area contributed by atoms with Crippen LogP contribution in [0.5, 0.6) is 0 Å². The van der Waals surface area contributed by atoms with E-state index in [-0.39, 0.29) is 0 Å². The van der Waals surface area contributed by atoms with Gasteiger partial charge in [0.15, 0.2) is 0 Å². The average molecular weight is 255 g/mol.